The zero-order valence-corrected chi connectivity index (χ0v) is 12.0. The minimum absolute atomic E-state index is 0.0200. The van der Waals surface area contributed by atoms with Gasteiger partial charge in [-0.1, -0.05) is 23.7 Å². The number of carboxylic acid groups (broad SMARTS) is 1. The number of carboxylic acids is 1. The second kappa shape index (κ2) is 5.96. The third-order valence-electron chi connectivity index (χ3n) is 2.80. The molecule has 5 nitrogen and oxygen atoms in total. The van der Waals surface area contributed by atoms with Crippen LogP contribution in [0.25, 0.3) is 0 Å². The zero-order valence-electron chi connectivity index (χ0n) is 11.2. The van der Waals surface area contributed by atoms with Crippen LogP contribution < -0.4 is 4.74 Å². The summed E-state index contributed by atoms with van der Waals surface area (Å²) < 4.78 is 7.24. The first-order valence-corrected chi connectivity index (χ1v) is 6.55. The lowest BCUT2D eigenvalue weighted by molar-refractivity contribution is 0.0682. The predicted molar refractivity (Wildman–Crippen MR) is 75.4 cm³/mol. The third-order valence-corrected chi connectivity index (χ3v) is 3.11. The lowest BCUT2D eigenvalue weighted by atomic mass is 10.3. The molecule has 1 aromatic heterocycles. The summed E-state index contributed by atoms with van der Waals surface area (Å²) in [5.74, 6) is 0.0943. The first kappa shape index (κ1) is 14.4. The summed E-state index contributed by atoms with van der Waals surface area (Å²) in [7, 11) is 0. The van der Waals surface area contributed by atoms with Gasteiger partial charge in [-0.2, -0.15) is 0 Å². The topological polar surface area (TPSA) is 64.4 Å². The van der Waals surface area contributed by atoms with Gasteiger partial charge in [0.15, 0.2) is 0 Å². The van der Waals surface area contributed by atoms with Crippen LogP contribution in [0.15, 0.2) is 30.5 Å². The Bertz CT molecular complexity index is 623. The number of ether oxygens (including phenoxy) is 1. The van der Waals surface area contributed by atoms with Gasteiger partial charge in [-0.15, -0.1) is 0 Å². The number of aromatic carboxylic acids is 1. The van der Waals surface area contributed by atoms with Crippen LogP contribution in [0.4, 0.5) is 0 Å². The number of carbonyl (C=O) groups is 1. The Balaban J connectivity index is 2.22. The minimum atomic E-state index is -1.00. The standard InChI is InChI=1S/C14H15ClN2O3/c1-9(2)17-11(14(18)19)7-16-13(17)8-20-12-6-4-3-5-10(12)15/h3-7,9H,8H2,1-2H3,(H,18,19). The zero-order chi connectivity index (χ0) is 14.7. The molecule has 0 fully saturated rings. The van der Waals surface area contributed by atoms with Gasteiger partial charge in [0, 0.05) is 6.04 Å². The lowest BCUT2D eigenvalue weighted by Gasteiger charge is -2.14. The Morgan fingerprint density at radius 3 is 2.75 bits per heavy atom. The van der Waals surface area contributed by atoms with Gasteiger partial charge in [-0.05, 0) is 26.0 Å². The molecule has 2 aromatic rings. The van der Waals surface area contributed by atoms with Crippen LogP contribution >= 0.6 is 11.6 Å². The van der Waals surface area contributed by atoms with Gasteiger partial charge in [0.2, 0.25) is 0 Å². The van der Waals surface area contributed by atoms with E-state index in [-0.39, 0.29) is 18.3 Å². The monoisotopic (exact) mass is 294 g/mol. The third kappa shape index (κ3) is 2.93. The van der Waals surface area contributed by atoms with Crippen LogP contribution in [0.1, 0.15) is 36.2 Å². The molecule has 20 heavy (non-hydrogen) atoms. The maximum Gasteiger partial charge on any atom is 0.354 e. The molecule has 0 aliphatic rings. The molecule has 0 amide bonds. The second-order valence-corrected chi connectivity index (χ2v) is 4.95. The number of aromatic nitrogens is 2. The smallest absolute Gasteiger partial charge is 0.354 e. The summed E-state index contributed by atoms with van der Waals surface area (Å²) in [5, 5.41) is 9.64. The van der Waals surface area contributed by atoms with E-state index in [1.165, 1.54) is 6.20 Å². The van der Waals surface area contributed by atoms with Gasteiger partial charge in [-0.3, -0.25) is 0 Å². The molecule has 0 unspecified atom stereocenters. The van der Waals surface area contributed by atoms with Crippen molar-refractivity contribution in [1.29, 1.82) is 0 Å². The molecule has 0 saturated heterocycles. The molecule has 1 N–H and O–H groups in total. The number of para-hydroxylation sites is 1. The van der Waals surface area contributed by atoms with Crippen LogP contribution in [0.5, 0.6) is 5.75 Å². The summed E-state index contributed by atoms with van der Waals surface area (Å²) >= 11 is 6.00. The van der Waals surface area contributed by atoms with Gasteiger partial charge in [0.1, 0.15) is 23.9 Å². The van der Waals surface area contributed by atoms with Crippen LogP contribution in [-0.4, -0.2) is 20.6 Å². The highest BCUT2D eigenvalue weighted by molar-refractivity contribution is 6.32. The van der Waals surface area contributed by atoms with E-state index < -0.39 is 5.97 Å². The van der Waals surface area contributed by atoms with E-state index in [1.54, 1.807) is 16.7 Å². The molecular weight excluding hydrogens is 280 g/mol. The summed E-state index contributed by atoms with van der Waals surface area (Å²) in [4.78, 5) is 15.3. The molecule has 0 saturated carbocycles. The molecule has 0 radical (unpaired) electrons. The fourth-order valence-electron chi connectivity index (χ4n) is 1.94. The van der Waals surface area contributed by atoms with Crippen LogP contribution in [0.2, 0.25) is 5.02 Å². The van der Waals surface area contributed by atoms with Crippen molar-refractivity contribution < 1.29 is 14.6 Å². The second-order valence-electron chi connectivity index (χ2n) is 4.55. The SMILES string of the molecule is CC(C)n1c(C(=O)O)cnc1COc1ccccc1Cl. The van der Waals surface area contributed by atoms with E-state index in [0.29, 0.717) is 16.6 Å². The van der Waals surface area contributed by atoms with Crippen LogP contribution in [-0.2, 0) is 6.61 Å². The van der Waals surface area contributed by atoms with Crippen molar-refractivity contribution in [2.24, 2.45) is 0 Å². The average Bonchev–Trinajstić information content (AvgIpc) is 2.82. The Kier molecular flexibility index (Phi) is 4.29. The largest absolute Gasteiger partial charge is 0.484 e. The number of hydrogen-bond acceptors (Lipinski definition) is 3. The Morgan fingerprint density at radius 1 is 1.45 bits per heavy atom. The van der Waals surface area contributed by atoms with E-state index in [9.17, 15) is 4.79 Å². The molecule has 106 valence electrons. The Morgan fingerprint density at radius 2 is 2.15 bits per heavy atom. The van der Waals surface area contributed by atoms with Crippen LogP contribution in [0.3, 0.4) is 0 Å². The van der Waals surface area contributed by atoms with E-state index in [2.05, 4.69) is 4.98 Å². The van der Waals surface area contributed by atoms with Gasteiger partial charge in [-0.25, -0.2) is 9.78 Å². The molecule has 0 atom stereocenters. The van der Waals surface area contributed by atoms with E-state index >= 15 is 0 Å². The van der Waals surface area contributed by atoms with Gasteiger partial charge >= 0.3 is 5.97 Å². The van der Waals surface area contributed by atoms with Crippen molar-refractivity contribution >= 4 is 17.6 Å². The quantitative estimate of drug-likeness (QED) is 0.918. The first-order valence-electron chi connectivity index (χ1n) is 6.17. The Hall–Kier alpha value is -2.01. The molecule has 0 aliphatic heterocycles. The predicted octanol–water partition coefficient (Wildman–Crippen LogP) is 3.39. The fraction of sp³-hybridized carbons (Fsp3) is 0.286. The van der Waals surface area contributed by atoms with Crippen molar-refractivity contribution in [2.45, 2.75) is 26.5 Å². The van der Waals surface area contributed by atoms with Crippen molar-refractivity contribution in [3.63, 3.8) is 0 Å². The molecule has 6 heteroatoms. The summed E-state index contributed by atoms with van der Waals surface area (Å²) in [6.07, 6.45) is 1.34. The summed E-state index contributed by atoms with van der Waals surface area (Å²) in [6, 6.07) is 7.09. The molecule has 1 heterocycles. The van der Waals surface area contributed by atoms with Gasteiger partial charge in [0.05, 0.1) is 11.2 Å². The van der Waals surface area contributed by atoms with Crippen LogP contribution in [0, 0.1) is 0 Å². The molecule has 1 aromatic carbocycles. The highest BCUT2D eigenvalue weighted by atomic mass is 35.5. The molecule has 0 spiro atoms. The number of halogens is 1. The van der Waals surface area contributed by atoms with E-state index in [4.69, 9.17) is 21.4 Å². The summed E-state index contributed by atoms with van der Waals surface area (Å²) in [6.45, 7) is 3.95. The van der Waals surface area contributed by atoms with Gasteiger partial charge < -0.3 is 14.4 Å². The number of imidazole rings is 1. The first-order chi connectivity index (χ1) is 9.50. The maximum absolute atomic E-state index is 11.1. The van der Waals surface area contributed by atoms with E-state index in [0.717, 1.165) is 0 Å². The van der Waals surface area contributed by atoms with Gasteiger partial charge in [0.25, 0.3) is 0 Å². The Labute approximate surface area is 121 Å². The number of hydrogen-bond donors (Lipinski definition) is 1. The molecular formula is C14H15ClN2O3. The number of benzene rings is 1. The highest BCUT2D eigenvalue weighted by Gasteiger charge is 2.18. The fourth-order valence-corrected chi connectivity index (χ4v) is 2.13. The average molecular weight is 295 g/mol. The van der Waals surface area contributed by atoms with Crippen molar-refractivity contribution in [1.82, 2.24) is 9.55 Å². The number of rotatable bonds is 5. The molecule has 0 aliphatic carbocycles. The molecule has 2 rings (SSSR count). The minimum Gasteiger partial charge on any atom is -0.484 e. The summed E-state index contributed by atoms with van der Waals surface area (Å²) in [5.41, 5.74) is 0.151. The van der Waals surface area contributed by atoms with Crippen molar-refractivity contribution in [2.75, 3.05) is 0 Å². The molecule has 0 bridgehead atoms. The normalized spacial score (nSPS) is 10.8. The highest BCUT2D eigenvalue weighted by Crippen LogP contribution is 2.24. The van der Waals surface area contributed by atoms with E-state index in [1.807, 2.05) is 26.0 Å². The lowest BCUT2D eigenvalue weighted by Crippen LogP contribution is -2.15. The van der Waals surface area contributed by atoms with Crippen molar-refractivity contribution in [3.8, 4) is 5.75 Å². The van der Waals surface area contributed by atoms with Crippen molar-refractivity contribution in [3.05, 3.63) is 47.0 Å². The maximum atomic E-state index is 11.1. The number of nitrogens with zero attached hydrogens (tertiary/aromatic N) is 2.